The lowest BCUT2D eigenvalue weighted by atomic mass is 10.3. The van der Waals surface area contributed by atoms with Crippen LogP contribution in [0, 0.1) is 0 Å². The van der Waals surface area contributed by atoms with E-state index in [1.54, 1.807) is 6.92 Å². The second-order valence-electron chi connectivity index (χ2n) is 2.50. The first-order chi connectivity index (χ1) is 5.55. The third-order valence-corrected chi connectivity index (χ3v) is 1.54. The van der Waals surface area contributed by atoms with E-state index in [2.05, 4.69) is 15.0 Å². The molecule has 1 rings (SSSR count). The predicted octanol–water partition coefficient (Wildman–Crippen LogP) is 0.630. The molecule has 0 fully saturated rings. The average Bonchev–Trinajstić information content (AvgIpc) is 2.03. The molecular weight excluding hydrogens is 180 g/mol. The molecule has 12 heavy (non-hydrogen) atoms. The molecule has 0 radical (unpaired) electrons. The van der Waals surface area contributed by atoms with Crippen LogP contribution in [0.3, 0.4) is 0 Å². The zero-order valence-corrected chi connectivity index (χ0v) is 7.55. The van der Waals surface area contributed by atoms with Crippen molar-refractivity contribution in [3.05, 3.63) is 11.9 Å². The summed E-state index contributed by atoms with van der Waals surface area (Å²) < 4.78 is 4.45. The monoisotopic (exact) mass is 188 g/mol. The summed E-state index contributed by atoms with van der Waals surface area (Å²) in [5, 5.41) is 2.78. The predicted molar refractivity (Wildman–Crippen MR) is 46.0 cm³/mol. The number of aliphatic imine (C=N–C) groups is 1. The zero-order valence-electron chi connectivity index (χ0n) is 6.80. The van der Waals surface area contributed by atoms with Gasteiger partial charge < -0.3 is 10.1 Å². The maximum absolute atomic E-state index is 10.9. The number of nitrogens with one attached hydrogen (secondary N) is 1. The highest BCUT2D eigenvalue weighted by Crippen LogP contribution is 2.13. The Labute approximate surface area is 75.3 Å². The Morgan fingerprint density at radius 3 is 2.92 bits per heavy atom. The fourth-order valence-electron chi connectivity index (χ4n) is 0.691. The minimum absolute atomic E-state index is 0.218. The minimum Gasteiger partial charge on any atom is -0.464 e. The van der Waals surface area contributed by atoms with E-state index in [9.17, 15) is 4.79 Å². The van der Waals surface area contributed by atoms with E-state index in [1.165, 1.54) is 19.5 Å². The smallest absolute Gasteiger partial charge is 0.358 e. The Morgan fingerprint density at radius 2 is 2.50 bits per heavy atom. The number of carbonyl (C=O) groups is 1. The molecule has 0 aromatic heterocycles. The van der Waals surface area contributed by atoms with Crippen molar-refractivity contribution < 1.29 is 9.53 Å². The number of nitrogens with zero attached hydrogens (tertiary/aromatic N) is 1. The van der Waals surface area contributed by atoms with E-state index in [1.807, 2.05) is 0 Å². The minimum atomic E-state index is -0.711. The number of rotatable bonds is 1. The van der Waals surface area contributed by atoms with Gasteiger partial charge in [0.05, 0.1) is 7.11 Å². The Kier molecular flexibility index (Phi) is 2.38. The Balaban J connectivity index is 2.71. The van der Waals surface area contributed by atoms with E-state index >= 15 is 0 Å². The Bertz CT molecular complexity index is 258. The first kappa shape index (κ1) is 9.06. The zero-order chi connectivity index (χ0) is 9.19. The van der Waals surface area contributed by atoms with Crippen LogP contribution < -0.4 is 5.32 Å². The van der Waals surface area contributed by atoms with Crippen LogP contribution in [0.1, 0.15) is 6.92 Å². The summed E-state index contributed by atoms with van der Waals surface area (Å²) in [6.45, 7) is 1.72. The van der Waals surface area contributed by atoms with Crippen molar-refractivity contribution in [2.24, 2.45) is 4.99 Å². The molecule has 0 bridgehead atoms. The summed E-state index contributed by atoms with van der Waals surface area (Å²) >= 11 is 5.83. The lowest BCUT2D eigenvalue weighted by Gasteiger charge is -2.20. The third-order valence-electron chi connectivity index (χ3n) is 1.33. The van der Waals surface area contributed by atoms with Crippen LogP contribution in [-0.2, 0) is 9.53 Å². The van der Waals surface area contributed by atoms with Crippen LogP contribution in [0.25, 0.3) is 0 Å². The topological polar surface area (TPSA) is 50.7 Å². The van der Waals surface area contributed by atoms with Crippen molar-refractivity contribution in [2.45, 2.75) is 11.9 Å². The molecule has 0 saturated carbocycles. The van der Waals surface area contributed by atoms with Gasteiger partial charge in [-0.1, -0.05) is 11.6 Å². The first-order valence-corrected chi connectivity index (χ1v) is 3.73. The van der Waals surface area contributed by atoms with Gasteiger partial charge in [0.15, 0.2) is 5.70 Å². The molecule has 0 aromatic carbocycles. The average molecular weight is 189 g/mol. The van der Waals surface area contributed by atoms with Gasteiger partial charge >= 0.3 is 5.97 Å². The Morgan fingerprint density at radius 1 is 1.83 bits per heavy atom. The van der Waals surface area contributed by atoms with Crippen LogP contribution in [0.2, 0.25) is 0 Å². The maximum atomic E-state index is 10.9. The van der Waals surface area contributed by atoms with Gasteiger partial charge in [0.25, 0.3) is 0 Å². The summed E-state index contributed by atoms with van der Waals surface area (Å²) in [5.41, 5.74) is 0.218. The van der Waals surface area contributed by atoms with Crippen molar-refractivity contribution in [1.29, 1.82) is 0 Å². The van der Waals surface area contributed by atoms with E-state index < -0.39 is 11.0 Å². The molecule has 0 aromatic rings. The van der Waals surface area contributed by atoms with Gasteiger partial charge in [0.2, 0.25) is 0 Å². The van der Waals surface area contributed by atoms with Crippen molar-refractivity contribution >= 4 is 23.8 Å². The molecule has 1 heterocycles. The van der Waals surface area contributed by atoms with Crippen molar-refractivity contribution in [3.63, 3.8) is 0 Å². The number of ether oxygens (including phenoxy) is 1. The molecule has 1 unspecified atom stereocenters. The SMILES string of the molecule is COC(=O)C1=CNC(C)(Cl)C=N1. The quantitative estimate of drug-likeness (QED) is 0.373. The number of methoxy groups -OCH3 is 1. The van der Waals surface area contributed by atoms with E-state index in [-0.39, 0.29) is 5.70 Å². The van der Waals surface area contributed by atoms with Crippen LogP contribution in [0.4, 0.5) is 0 Å². The number of esters is 1. The van der Waals surface area contributed by atoms with Crippen molar-refractivity contribution in [3.8, 4) is 0 Å². The second kappa shape index (κ2) is 3.15. The van der Waals surface area contributed by atoms with Gasteiger partial charge in [-0.05, 0) is 6.92 Å². The largest absolute Gasteiger partial charge is 0.464 e. The Hall–Kier alpha value is -1.03. The molecule has 66 valence electrons. The van der Waals surface area contributed by atoms with Gasteiger partial charge in [-0.15, -0.1) is 0 Å². The summed E-state index contributed by atoms with van der Waals surface area (Å²) in [6.07, 6.45) is 2.87. The second-order valence-corrected chi connectivity index (χ2v) is 3.28. The van der Waals surface area contributed by atoms with Crippen LogP contribution >= 0.6 is 11.6 Å². The summed E-state index contributed by atoms with van der Waals surface area (Å²) in [5.74, 6) is -0.481. The molecule has 0 aliphatic carbocycles. The molecule has 1 aliphatic heterocycles. The first-order valence-electron chi connectivity index (χ1n) is 3.35. The van der Waals surface area contributed by atoms with Crippen LogP contribution in [-0.4, -0.2) is 24.3 Å². The maximum Gasteiger partial charge on any atom is 0.358 e. The molecule has 0 saturated heterocycles. The molecular formula is C7H9ClN2O2. The summed E-state index contributed by atoms with van der Waals surface area (Å²) in [6, 6.07) is 0. The lowest BCUT2D eigenvalue weighted by Crippen LogP contribution is -2.37. The molecule has 0 spiro atoms. The standard InChI is InChI=1S/C7H9ClN2O2/c1-7(8)4-9-5(3-10-7)6(11)12-2/h3-4,10H,1-2H3. The number of hydrogen-bond donors (Lipinski definition) is 1. The van der Waals surface area contributed by atoms with Crippen molar-refractivity contribution in [1.82, 2.24) is 5.32 Å². The number of alkyl halides is 1. The molecule has 0 amide bonds. The van der Waals surface area contributed by atoms with Gasteiger partial charge in [0, 0.05) is 12.4 Å². The molecule has 5 heteroatoms. The van der Waals surface area contributed by atoms with Gasteiger partial charge in [0.1, 0.15) is 5.00 Å². The van der Waals surface area contributed by atoms with E-state index in [0.717, 1.165) is 0 Å². The number of halogens is 1. The lowest BCUT2D eigenvalue weighted by molar-refractivity contribution is -0.136. The van der Waals surface area contributed by atoms with Gasteiger partial charge in [-0.3, -0.25) is 0 Å². The number of hydrogen-bond acceptors (Lipinski definition) is 4. The van der Waals surface area contributed by atoms with E-state index in [0.29, 0.717) is 0 Å². The molecule has 4 nitrogen and oxygen atoms in total. The number of carbonyl (C=O) groups excluding carboxylic acids is 1. The van der Waals surface area contributed by atoms with Crippen molar-refractivity contribution in [2.75, 3.05) is 7.11 Å². The summed E-state index contributed by atoms with van der Waals surface area (Å²) in [7, 11) is 1.30. The highest BCUT2D eigenvalue weighted by atomic mass is 35.5. The van der Waals surface area contributed by atoms with E-state index in [4.69, 9.17) is 11.6 Å². The normalized spacial score (nSPS) is 27.4. The molecule has 1 N–H and O–H groups in total. The highest BCUT2D eigenvalue weighted by Gasteiger charge is 2.21. The van der Waals surface area contributed by atoms with Crippen LogP contribution in [0.15, 0.2) is 16.9 Å². The fraction of sp³-hybridized carbons (Fsp3) is 0.429. The molecule has 1 aliphatic rings. The molecule has 1 atom stereocenters. The fourth-order valence-corrected chi connectivity index (χ4v) is 0.794. The third kappa shape index (κ3) is 1.98. The summed E-state index contributed by atoms with van der Waals surface area (Å²) in [4.78, 5) is 14.0. The van der Waals surface area contributed by atoms with Crippen LogP contribution in [0.5, 0.6) is 0 Å². The highest BCUT2D eigenvalue weighted by molar-refractivity contribution is 6.32. The van der Waals surface area contributed by atoms with Gasteiger partial charge in [-0.2, -0.15) is 0 Å². The van der Waals surface area contributed by atoms with Gasteiger partial charge in [-0.25, -0.2) is 9.79 Å².